The maximum atomic E-state index is 12.1. The lowest BCUT2D eigenvalue weighted by Gasteiger charge is -2.16. The van der Waals surface area contributed by atoms with E-state index in [1.807, 2.05) is 24.1 Å². The van der Waals surface area contributed by atoms with E-state index in [4.69, 9.17) is 5.73 Å². The molecule has 2 heterocycles. The number of aromatic nitrogens is 1. The molecule has 2 rings (SSSR count). The molecule has 0 radical (unpaired) electrons. The number of hydrogen-bond donors (Lipinski definition) is 1. The van der Waals surface area contributed by atoms with Crippen molar-refractivity contribution in [2.24, 2.45) is 11.7 Å². The molecule has 1 aliphatic heterocycles. The monoisotopic (exact) mass is 239 g/mol. The van der Waals surface area contributed by atoms with E-state index in [2.05, 4.69) is 4.98 Å². The van der Waals surface area contributed by atoms with Gasteiger partial charge < -0.3 is 10.6 Å². The maximum Gasteiger partial charge on any atom is 0.273 e. The molecule has 0 saturated carbocycles. The molecule has 1 amide bonds. The van der Waals surface area contributed by atoms with E-state index in [1.54, 1.807) is 0 Å². The lowest BCUT2D eigenvalue weighted by Crippen LogP contribution is -2.33. The zero-order valence-corrected chi connectivity index (χ0v) is 10.5. The Morgan fingerprint density at radius 1 is 1.75 bits per heavy atom. The summed E-state index contributed by atoms with van der Waals surface area (Å²) in [5, 5.41) is 2.77. The van der Waals surface area contributed by atoms with E-state index in [1.165, 1.54) is 11.3 Å². The number of hydrogen-bond acceptors (Lipinski definition) is 4. The van der Waals surface area contributed by atoms with Crippen molar-refractivity contribution >= 4 is 17.2 Å². The first-order chi connectivity index (χ1) is 7.58. The molecule has 5 heteroatoms. The van der Waals surface area contributed by atoms with Gasteiger partial charge in [-0.3, -0.25) is 4.79 Å². The van der Waals surface area contributed by atoms with Crippen molar-refractivity contribution in [2.45, 2.75) is 26.3 Å². The lowest BCUT2D eigenvalue weighted by molar-refractivity contribution is 0.0781. The Kier molecular flexibility index (Phi) is 3.25. The maximum absolute atomic E-state index is 12.1. The molecule has 1 aromatic rings. The topological polar surface area (TPSA) is 59.2 Å². The second-order valence-corrected chi connectivity index (χ2v) is 5.47. The van der Waals surface area contributed by atoms with Gasteiger partial charge >= 0.3 is 0 Å². The average Bonchev–Trinajstić information content (AvgIpc) is 2.84. The second-order valence-electron chi connectivity index (χ2n) is 4.41. The van der Waals surface area contributed by atoms with Gasteiger partial charge in [0.2, 0.25) is 0 Å². The van der Waals surface area contributed by atoms with Crippen LogP contribution < -0.4 is 5.73 Å². The molecule has 2 atom stereocenters. The Balaban J connectivity index is 2.02. The molecule has 2 unspecified atom stereocenters. The van der Waals surface area contributed by atoms with Crippen LogP contribution in [0.2, 0.25) is 0 Å². The van der Waals surface area contributed by atoms with E-state index in [-0.39, 0.29) is 11.9 Å². The number of nitrogens with two attached hydrogens (primary N) is 1. The molecular formula is C11H17N3OS. The standard InChI is InChI=1S/C11H17N3OS/c1-7(12)9-3-4-14(5-9)11(15)10-6-16-8(2)13-10/h6-7,9H,3-5,12H2,1-2H3. The Morgan fingerprint density at radius 2 is 2.50 bits per heavy atom. The van der Waals surface area contributed by atoms with Crippen molar-refractivity contribution in [3.63, 3.8) is 0 Å². The minimum atomic E-state index is 0.0486. The normalized spacial score (nSPS) is 22.4. The minimum absolute atomic E-state index is 0.0486. The van der Waals surface area contributed by atoms with E-state index < -0.39 is 0 Å². The Labute approximate surface area is 99.5 Å². The summed E-state index contributed by atoms with van der Waals surface area (Å²) in [4.78, 5) is 18.1. The number of aryl methyl sites for hydroxylation is 1. The quantitative estimate of drug-likeness (QED) is 0.845. The Hall–Kier alpha value is -0.940. The second kappa shape index (κ2) is 4.51. The third kappa shape index (κ3) is 2.25. The highest BCUT2D eigenvalue weighted by Crippen LogP contribution is 2.21. The Morgan fingerprint density at radius 3 is 3.00 bits per heavy atom. The summed E-state index contributed by atoms with van der Waals surface area (Å²) in [6.45, 7) is 5.50. The van der Waals surface area contributed by atoms with Crippen molar-refractivity contribution in [3.05, 3.63) is 16.1 Å². The number of amides is 1. The molecule has 0 bridgehead atoms. The van der Waals surface area contributed by atoms with Gasteiger partial charge in [0.15, 0.2) is 0 Å². The molecule has 0 aromatic carbocycles. The van der Waals surface area contributed by atoms with Crippen molar-refractivity contribution < 1.29 is 4.79 Å². The van der Waals surface area contributed by atoms with Gasteiger partial charge in [0, 0.05) is 24.5 Å². The van der Waals surface area contributed by atoms with Gasteiger partial charge in [-0.15, -0.1) is 11.3 Å². The molecule has 1 aliphatic rings. The summed E-state index contributed by atoms with van der Waals surface area (Å²) in [5.74, 6) is 0.483. The third-order valence-corrected chi connectivity index (χ3v) is 3.87. The largest absolute Gasteiger partial charge is 0.337 e. The van der Waals surface area contributed by atoms with Gasteiger partial charge in [0.25, 0.3) is 5.91 Å². The van der Waals surface area contributed by atoms with Crippen molar-refractivity contribution in [1.29, 1.82) is 0 Å². The van der Waals surface area contributed by atoms with Crippen LogP contribution in [0.1, 0.15) is 28.8 Å². The van der Waals surface area contributed by atoms with Gasteiger partial charge in [0.05, 0.1) is 5.01 Å². The molecule has 0 aliphatic carbocycles. The van der Waals surface area contributed by atoms with Gasteiger partial charge in [0.1, 0.15) is 5.69 Å². The molecule has 0 spiro atoms. The number of thiazole rings is 1. The number of carbonyl (C=O) groups is 1. The summed E-state index contributed by atoms with van der Waals surface area (Å²) in [7, 11) is 0. The van der Waals surface area contributed by atoms with E-state index in [0.29, 0.717) is 11.6 Å². The van der Waals surface area contributed by atoms with Crippen molar-refractivity contribution in [3.8, 4) is 0 Å². The molecule has 88 valence electrons. The van der Waals surface area contributed by atoms with Crippen LogP contribution in [0.25, 0.3) is 0 Å². The van der Waals surface area contributed by atoms with E-state index in [9.17, 15) is 4.79 Å². The first kappa shape index (κ1) is 11.5. The van der Waals surface area contributed by atoms with E-state index >= 15 is 0 Å². The Bertz CT molecular complexity index is 388. The predicted octanol–water partition coefficient (Wildman–Crippen LogP) is 1.26. The zero-order chi connectivity index (χ0) is 11.7. The number of nitrogens with zero attached hydrogens (tertiary/aromatic N) is 2. The van der Waals surface area contributed by atoms with Gasteiger partial charge in [-0.25, -0.2) is 4.98 Å². The predicted molar refractivity (Wildman–Crippen MR) is 64.5 cm³/mol. The fourth-order valence-electron chi connectivity index (χ4n) is 2.02. The molecule has 2 N–H and O–H groups in total. The molecule has 1 fully saturated rings. The third-order valence-electron chi connectivity index (χ3n) is 3.09. The first-order valence-electron chi connectivity index (χ1n) is 5.55. The zero-order valence-electron chi connectivity index (χ0n) is 9.64. The summed E-state index contributed by atoms with van der Waals surface area (Å²) in [6, 6.07) is 0.162. The lowest BCUT2D eigenvalue weighted by atomic mass is 10.0. The molecular weight excluding hydrogens is 222 g/mol. The van der Waals surface area contributed by atoms with Crippen LogP contribution >= 0.6 is 11.3 Å². The average molecular weight is 239 g/mol. The smallest absolute Gasteiger partial charge is 0.273 e. The number of carbonyl (C=O) groups excluding carboxylic acids is 1. The molecule has 16 heavy (non-hydrogen) atoms. The van der Waals surface area contributed by atoms with Gasteiger partial charge in [-0.2, -0.15) is 0 Å². The summed E-state index contributed by atoms with van der Waals surface area (Å²) < 4.78 is 0. The molecule has 4 nitrogen and oxygen atoms in total. The highest BCUT2D eigenvalue weighted by molar-refractivity contribution is 7.09. The van der Waals surface area contributed by atoms with Crippen LogP contribution in [0.3, 0.4) is 0 Å². The first-order valence-corrected chi connectivity index (χ1v) is 6.43. The number of rotatable bonds is 2. The van der Waals surface area contributed by atoms with Crippen molar-refractivity contribution in [2.75, 3.05) is 13.1 Å². The van der Waals surface area contributed by atoms with Gasteiger partial charge in [-0.1, -0.05) is 0 Å². The fourth-order valence-corrected chi connectivity index (χ4v) is 2.61. The van der Waals surface area contributed by atoms with Crippen LogP contribution in [0.15, 0.2) is 5.38 Å². The van der Waals surface area contributed by atoms with Gasteiger partial charge in [-0.05, 0) is 26.2 Å². The van der Waals surface area contributed by atoms with Crippen LogP contribution in [-0.4, -0.2) is 34.9 Å². The molecule has 1 aromatic heterocycles. The van der Waals surface area contributed by atoms with Crippen LogP contribution in [0, 0.1) is 12.8 Å². The summed E-state index contributed by atoms with van der Waals surface area (Å²) in [5.41, 5.74) is 6.43. The van der Waals surface area contributed by atoms with E-state index in [0.717, 1.165) is 24.5 Å². The fraction of sp³-hybridized carbons (Fsp3) is 0.636. The minimum Gasteiger partial charge on any atom is -0.337 e. The van der Waals surface area contributed by atoms with Crippen LogP contribution in [-0.2, 0) is 0 Å². The van der Waals surface area contributed by atoms with Crippen LogP contribution in [0.5, 0.6) is 0 Å². The summed E-state index contributed by atoms with van der Waals surface area (Å²) in [6.07, 6.45) is 1.01. The molecule has 1 saturated heterocycles. The summed E-state index contributed by atoms with van der Waals surface area (Å²) >= 11 is 1.52. The van der Waals surface area contributed by atoms with Crippen molar-refractivity contribution in [1.82, 2.24) is 9.88 Å². The van der Waals surface area contributed by atoms with Crippen LogP contribution in [0.4, 0.5) is 0 Å². The highest BCUT2D eigenvalue weighted by atomic mass is 32.1. The SMILES string of the molecule is Cc1nc(C(=O)N2CCC(C(C)N)C2)cs1. The highest BCUT2D eigenvalue weighted by Gasteiger charge is 2.29. The number of likely N-dealkylation sites (tertiary alicyclic amines) is 1.